The molecular formula is C44H45N7O4. The van der Waals surface area contributed by atoms with Crippen molar-refractivity contribution in [2.75, 3.05) is 13.7 Å². The van der Waals surface area contributed by atoms with Crippen LogP contribution >= 0.6 is 0 Å². The van der Waals surface area contributed by atoms with Gasteiger partial charge < -0.3 is 29.8 Å². The average molecular weight is 736 g/mol. The maximum Gasteiger partial charge on any atom is 0.407 e. The molecule has 0 radical (unpaired) electrons. The lowest BCUT2D eigenvalue weighted by atomic mass is 9.83. The summed E-state index contributed by atoms with van der Waals surface area (Å²) in [5, 5.41) is 2.70. The van der Waals surface area contributed by atoms with Crippen LogP contribution < -0.4 is 5.32 Å². The molecule has 0 unspecified atom stereocenters. The first-order chi connectivity index (χ1) is 26.7. The number of piperidine rings is 1. The molecule has 11 heteroatoms. The van der Waals surface area contributed by atoms with Crippen molar-refractivity contribution in [2.45, 2.75) is 82.0 Å². The van der Waals surface area contributed by atoms with Crippen LogP contribution in [-0.2, 0) is 19.7 Å². The fraction of sp³-hybridized carbons (Fsp3) is 0.341. The van der Waals surface area contributed by atoms with Crippen molar-refractivity contribution in [1.82, 2.24) is 35.1 Å². The van der Waals surface area contributed by atoms with Gasteiger partial charge in [-0.15, -0.1) is 0 Å². The van der Waals surface area contributed by atoms with Crippen molar-refractivity contribution in [1.29, 1.82) is 0 Å². The zero-order valence-electron chi connectivity index (χ0n) is 31.3. The van der Waals surface area contributed by atoms with Crippen LogP contribution in [0.4, 0.5) is 4.79 Å². The number of aromatic nitrogens is 4. The van der Waals surface area contributed by atoms with Gasteiger partial charge in [-0.3, -0.25) is 9.59 Å². The Balaban J connectivity index is 0.914. The fourth-order valence-electron chi connectivity index (χ4n) is 8.99. The number of aromatic amines is 2. The van der Waals surface area contributed by atoms with Gasteiger partial charge in [0.2, 0.25) is 11.8 Å². The summed E-state index contributed by atoms with van der Waals surface area (Å²) in [5.41, 5.74) is 8.32. The molecule has 0 saturated carbocycles. The predicted molar refractivity (Wildman–Crippen MR) is 211 cm³/mol. The van der Waals surface area contributed by atoms with Crippen LogP contribution in [0.15, 0.2) is 91.0 Å². The Hall–Kier alpha value is -5.97. The van der Waals surface area contributed by atoms with E-state index in [1.54, 1.807) is 0 Å². The second kappa shape index (κ2) is 13.7. The molecule has 3 aliphatic rings. The molecule has 4 aromatic carbocycles. The summed E-state index contributed by atoms with van der Waals surface area (Å²) in [7, 11) is 1.31. The lowest BCUT2D eigenvalue weighted by molar-refractivity contribution is -0.139. The Bertz CT molecular complexity index is 2420. The van der Waals surface area contributed by atoms with Crippen LogP contribution in [0, 0.1) is 0 Å². The normalized spacial score (nSPS) is 21.3. The Morgan fingerprint density at radius 1 is 0.745 bits per heavy atom. The fourth-order valence-corrected chi connectivity index (χ4v) is 8.99. The highest BCUT2D eigenvalue weighted by molar-refractivity contribution is 5.89. The molecule has 0 bridgehead atoms. The third kappa shape index (κ3) is 6.21. The van der Waals surface area contributed by atoms with Crippen LogP contribution in [0.2, 0.25) is 0 Å². The molecule has 3 saturated heterocycles. The third-order valence-electron chi connectivity index (χ3n) is 12.0. The molecule has 4 atom stereocenters. The zero-order valence-corrected chi connectivity index (χ0v) is 31.3. The number of benzene rings is 4. The number of alkyl carbamates (subject to hydrolysis) is 1. The number of fused-ring (bicyclic) bond motifs is 3. The van der Waals surface area contributed by atoms with Crippen molar-refractivity contribution in [3.05, 3.63) is 108 Å². The van der Waals surface area contributed by atoms with Crippen molar-refractivity contribution in [3.8, 4) is 22.3 Å². The Labute approximate surface area is 319 Å². The number of amides is 3. The molecule has 0 spiro atoms. The molecule has 2 aromatic heterocycles. The standard InChI is InChI=1S/C44H45N7O4/c1-44(2,30-8-5-4-6-9-30)42(53)50-23-7-10-37(50)39-45-32-19-15-28(24-35(32)47-39)26-11-13-27(14-12-26)29-16-20-33-36(25-29)48-40(46-33)38-22-18-31-17-21-34(41(52)51(31)38)49-43(54)55-3/h4-6,8-9,11-16,19-20,24-25,31,34,37-38H,7,10,17-18,21-23H2,1-3H3,(H,45,47)(H,46,48)(H,49,54)/t31-,34-,37-,38-/m0/s1. The van der Waals surface area contributed by atoms with Crippen LogP contribution in [0.5, 0.6) is 0 Å². The number of nitrogens with zero attached hydrogens (tertiary/aromatic N) is 4. The number of nitrogens with one attached hydrogen (secondary N) is 3. The highest BCUT2D eigenvalue weighted by atomic mass is 16.5. The molecule has 11 nitrogen and oxygen atoms in total. The summed E-state index contributed by atoms with van der Waals surface area (Å²) < 4.78 is 4.75. The van der Waals surface area contributed by atoms with Gasteiger partial charge in [0.15, 0.2) is 0 Å². The molecule has 5 heterocycles. The van der Waals surface area contributed by atoms with Gasteiger partial charge >= 0.3 is 6.09 Å². The van der Waals surface area contributed by atoms with Crippen LogP contribution in [0.25, 0.3) is 44.3 Å². The van der Waals surface area contributed by atoms with Gasteiger partial charge in [0, 0.05) is 12.6 Å². The molecule has 55 heavy (non-hydrogen) atoms. The number of carbonyl (C=O) groups excluding carboxylic acids is 3. The summed E-state index contributed by atoms with van der Waals surface area (Å²) in [6.45, 7) is 4.74. The largest absolute Gasteiger partial charge is 0.453 e. The predicted octanol–water partition coefficient (Wildman–Crippen LogP) is 7.97. The molecule has 3 aliphatic heterocycles. The van der Waals surface area contributed by atoms with E-state index < -0.39 is 17.6 Å². The summed E-state index contributed by atoms with van der Waals surface area (Å²) in [5.74, 6) is 1.66. The number of ether oxygens (including phenoxy) is 1. The Morgan fingerprint density at radius 3 is 1.95 bits per heavy atom. The molecule has 3 amide bonds. The average Bonchev–Trinajstić information content (AvgIpc) is 4.03. The second-order valence-corrected chi connectivity index (χ2v) is 15.7. The van der Waals surface area contributed by atoms with E-state index in [4.69, 9.17) is 14.7 Å². The monoisotopic (exact) mass is 735 g/mol. The van der Waals surface area contributed by atoms with Crippen molar-refractivity contribution >= 4 is 40.0 Å². The minimum absolute atomic E-state index is 0.0758. The topological polar surface area (TPSA) is 136 Å². The lowest BCUT2D eigenvalue weighted by Gasteiger charge is -2.37. The summed E-state index contributed by atoms with van der Waals surface area (Å²) in [6.07, 6.45) is 4.43. The van der Waals surface area contributed by atoms with E-state index in [0.717, 1.165) is 100 Å². The maximum atomic E-state index is 13.9. The zero-order chi connectivity index (χ0) is 37.8. The molecule has 0 aliphatic carbocycles. The van der Waals surface area contributed by atoms with E-state index in [9.17, 15) is 14.4 Å². The van der Waals surface area contributed by atoms with E-state index >= 15 is 0 Å². The molecule has 280 valence electrons. The summed E-state index contributed by atoms with van der Waals surface area (Å²) >= 11 is 0. The number of likely N-dealkylation sites (tertiary alicyclic amines) is 1. The van der Waals surface area contributed by atoms with Gasteiger partial charge in [-0.25, -0.2) is 14.8 Å². The van der Waals surface area contributed by atoms with Crippen LogP contribution in [-0.4, -0.2) is 73.4 Å². The van der Waals surface area contributed by atoms with E-state index in [-0.39, 0.29) is 29.9 Å². The van der Waals surface area contributed by atoms with Gasteiger partial charge in [0.1, 0.15) is 17.7 Å². The van der Waals surface area contributed by atoms with Gasteiger partial charge in [0.25, 0.3) is 0 Å². The molecular weight excluding hydrogens is 691 g/mol. The number of hydrogen-bond acceptors (Lipinski definition) is 6. The van der Waals surface area contributed by atoms with E-state index in [2.05, 4.69) is 69.9 Å². The summed E-state index contributed by atoms with van der Waals surface area (Å²) in [6, 6.07) is 30.4. The Morgan fingerprint density at radius 2 is 1.33 bits per heavy atom. The van der Waals surface area contributed by atoms with E-state index in [1.807, 2.05) is 60.0 Å². The maximum absolute atomic E-state index is 13.9. The summed E-state index contributed by atoms with van der Waals surface area (Å²) in [4.78, 5) is 60.1. The van der Waals surface area contributed by atoms with Crippen molar-refractivity contribution < 1.29 is 19.1 Å². The Kier molecular flexibility index (Phi) is 8.67. The minimum Gasteiger partial charge on any atom is -0.453 e. The smallest absolute Gasteiger partial charge is 0.407 e. The first-order valence-corrected chi connectivity index (χ1v) is 19.3. The first-order valence-electron chi connectivity index (χ1n) is 19.3. The molecule has 9 rings (SSSR count). The SMILES string of the molecule is COC(=O)N[C@H]1CC[C@H]2CC[C@@H](c3nc4ccc(-c5ccc(-c6ccc7nc([C@@H]8CCCN8C(=O)C(C)(C)c8ccccc8)[nH]c7c6)cc5)cc4[nH]3)N2C1=O. The number of H-pyrrole nitrogens is 2. The van der Waals surface area contributed by atoms with Crippen LogP contribution in [0.3, 0.4) is 0 Å². The van der Waals surface area contributed by atoms with Gasteiger partial charge in [-0.2, -0.15) is 0 Å². The number of rotatable bonds is 7. The molecule has 3 fully saturated rings. The van der Waals surface area contributed by atoms with Crippen LogP contribution in [0.1, 0.15) is 81.7 Å². The minimum atomic E-state index is -0.631. The van der Waals surface area contributed by atoms with Crippen molar-refractivity contribution in [2.24, 2.45) is 0 Å². The number of hydrogen-bond donors (Lipinski definition) is 3. The van der Waals surface area contributed by atoms with Crippen molar-refractivity contribution in [3.63, 3.8) is 0 Å². The quantitative estimate of drug-likeness (QED) is 0.152. The first kappa shape index (κ1) is 34.8. The molecule has 3 N–H and O–H groups in total. The van der Waals surface area contributed by atoms with E-state index in [1.165, 1.54) is 7.11 Å². The molecule has 6 aromatic rings. The number of imidazole rings is 2. The van der Waals surface area contributed by atoms with Gasteiger partial charge in [0.05, 0.1) is 46.7 Å². The number of carbonyl (C=O) groups is 3. The third-order valence-corrected chi connectivity index (χ3v) is 12.0. The number of methoxy groups -OCH3 is 1. The highest BCUT2D eigenvalue weighted by Crippen LogP contribution is 2.41. The lowest BCUT2D eigenvalue weighted by Crippen LogP contribution is -2.54. The van der Waals surface area contributed by atoms with E-state index in [0.29, 0.717) is 6.42 Å². The van der Waals surface area contributed by atoms with Gasteiger partial charge in [-0.05, 0) is 104 Å². The second-order valence-electron chi connectivity index (χ2n) is 15.7. The highest BCUT2D eigenvalue weighted by Gasteiger charge is 2.45. The van der Waals surface area contributed by atoms with Gasteiger partial charge in [-0.1, -0.05) is 66.7 Å².